The number of nitrogens with two attached hydrogens (primary N) is 1. The van der Waals surface area contributed by atoms with Gasteiger partial charge in [-0.1, -0.05) is 48.5 Å². The van der Waals surface area contributed by atoms with Gasteiger partial charge in [0, 0.05) is 5.39 Å². The molecule has 0 aliphatic carbocycles. The van der Waals surface area contributed by atoms with E-state index in [-0.39, 0.29) is 18.2 Å². The highest BCUT2D eigenvalue weighted by Crippen LogP contribution is 2.17. The fourth-order valence-corrected chi connectivity index (χ4v) is 2.04. The van der Waals surface area contributed by atoms with Crippen molar-refractivity contribution >= 4 is 22.8 Å². The quantitative estimate of drug-likeness (QED) is 0.745. The van der Waals surface area contributed by atoms with Gasteiger partial charge in [0.15, 0.2) is 5.69 Å². The van der Waals surface area contributed by atoms with Crippen LogP contribution < -0.4 is 5.73 Å². The zero-order chi connectivity index (χ0) is 14.7. The van der Waals surface area contributed by atoms with Crippen molar-refractivity contribution in [2.24, 2.45) is 0 Å². The molecule has 0 spiro atoms. The fraction of sp³-hybridized carbons (Fsp3) is 0.0625. The Kier molecular flexibility index (Phi) is 3.47. The summed E-state index contributed by atoms with van der Waals surface area (Å²) in [6.45, 7) is 0.192. The van der Waals surface area contributed by atoms with E-state index in [2.05, 4.69) is 9.97 Å². The first kappa shape index (κ1) is 13.1. The fourth-order valence-electron chi connectivity index (χ4n) is 2.04. The summed E-state index contributed by atoms with van der Waals surface area (Å²) in [5.41, 5.74) is 7.36. The number of hydrogen-bond donors (Lipinski definition) is 1. The maximum absolute atomic E-state index is 12.2. The summed E-state index contributed by atoms with van der Waals surface area (Å²) in [4.78, 5) is 20.3. The molecular formula is C16H13N3O2. The van der Waals surface area contributed by atoms with E-state index in [0.29, 0.717) is 10.9 Å². The Balaban J connectivity index is 1.88. The summed E-state index contributed by atoms with van der Waals surface area (Å²) in [5.74, 6) is -0.454. The average Bonchev–Trinajstić information content (AvgIpc) is 2.52. The van der Waals surface area contributed by atoms with Crippen LogP contribution in [0, 0.1) is 0 Å². The van der Waals surface area contributed by atoms with Crippen LogP contribution in [-0.2, 0) is 11.3 Å². The first-order valence-electron chi connectivity index (χ1n) is 6.47. The van der Waals surface area contributed by atoms with Crippen molar-refractivity contribution in [3.8, 4) is 0 Å². The highest BCUT2D eigenvalue weighted by atomic mass is 16.5. The monoisotopic (exact) mass is 279 g/mol. The Labute approximate surface area is 121 Å². The second-order valence-corrected chi connectivity index (χ2v) is 4.51. The van der Waals surface area contributed by atoms with Crippen molar-refractivity contribution in [2.45, 2.75) is 6.61 Å². The lowest BCUT2D eigenvalue weighted by Crippen LogP contribution is -2.10. The Morgan fingerprint density at radius 1 is 1.00 bits per heavy atom. The van der Waals surface area contributed by atoms with Crippen LogP contribution >= 0.6 is 0 Å². The minimum atomic E-state index is -0.510. The van der Waals surface area contributed by atoms with Gasteiger partial charge in [-0.3, -0.25) is 0 Å². The smallest absolute Gasteiger partial charge is 0.358 e. The third-order valence-electron chi connectivity index (χ3n) is 3.03. The Morgan fingerprint density at radius 3 is 2.52 bits per heavy atom. The van der Waals surface area contributed by atoms with Gasteiger partial charge in [-0.2, -0.15) is 0 Å². The molecule has 0 aliphatic heterocycles. The van der Waals surface area contributed by atoms with Crippen LogP contribution in [0.15, 0.2) is 54.6 Å². The van der Waals surface area contributed by atoms with E-state index in [1.807, 2.05) is 42.5 Å². The molecule has 0 atom stereocenters. The minimum Gasteiger partial charge on any atom is -0.456 e. The summed E-state index contributed by atoms with van der Waals surface area (Å²) in [6.07, 6.45) is 0. The van der Waals surface area contributed by atoms with Crippen molar-refractivity contribution in [1.82, 2.24) is 9.97 Å². The number of para-hydroxylation sites is 1. The SMILES string of the molecule is Nc1nc(C(=O)OCc2ccccc2)c2ccccc2n1. The van der Waals surface area contributed by atoms with Crippen molar-refractivity contribution in [2.75, 3.05) is 5.73 Å². The second kappa shape index (κ2) is 5.58. The van der Waals surface area contributed by atoms with Gasteiger partial charge in [-0.05, 0) is 11.6 Å². The molecule has 0 bridgehead atoms. The molecule has 0 unspecified atom stereocenters. The lowest BCUT2D eigenvalue weighted by Gasteiger charge is -2.07. The van der Waals surface area contributed by atoms with Gasteiger partial charge in [-0.25, -0.2) is 14.8 Å². The molecule has 1 aromatic heterocycles. The predicted octanol–water partition coefficient (Wildman–Crippen LogP) is 2.57. The van der Waals surface area contributed by atoms with E-state index in [1.54, 1.807) is 12.1 Å². The number of rotatable bonds is 3. The Hall–Kier alpha value is -2.95. The van der Waals surface area contributed by atoms with Gasteiger partial charge in [0.2, 0.25) is 5.95 Å². The van der Waals surface area contributed by atoms with Crippen LogP contribution in [0.2, 0.25) is 0 Å². The number of carbonyl (C=O) groups is 1. The second-order valence-electron chi connectivity index (χ2n) is 4.51. The molecule has 21 heavy (non-hydrogen) atoms. The molecule has 3 rings (SSSR count). The van der Waals surface area contributed by atoms with Crippen molar-refractivity contribution in [3.05, 3.63) is 65.9 Å². The standard InChI is InChI=1S/C16H13N3O2/c17-16-18-13-9-5-4-8-12(13)14(19-16)15(20)21-10-11-6-2-1-3-7-11/h1-9H,10H2,(H2,17,18,19). The molecule has 0 aliphatic rings. The molecule has 1 heterocycles. The van der Waals surface area contributed by atoms with Gasteiger partial charge < -0.3 is 10.5 Å². The van der Waals surface area contributed by atoms with Crippen molar-refractivity contribution in [1.29, 1.82) is 0 Å². The Bertz CT molecular complexity index is 788. The lowest BCUT2D eigenvalue weighted by molar-refractivity contribution is 0.0468. The summed E-state index contributed by atoms with van der Waals surface area (Å²) in [5, 5.41) is 0.629. The highest BCUT2D eigenvalue weighted by Gasteiger charge is 2.15. The van der Waals surface area contributed by atoms with E-state index in [1.165, 1.54) is 0 Å². The molecule has 5 nitrogen and oxygen atoms in total. The van der Waals surface area contributed by atoms with Gasteiger partial charge in [-0.15, -0.1) is 0 Å². The van der Waals surface area contributed by atoms with E-state index in [0.717, 1.165) is 5.56 Å². The molecule has 104 valence electrons. The number of aromatic nitrogens is 2. The van der Waals surface area contributed by atoms with Crippen LogP contribution in [0.25, 0.3) is 10.9 Å². The molecule has 0 amide bonds. The van der Waals surface area contributed by atoms with Crippen molar-refractivity contribution < 1.29 is 9.53 Å². The van der Waals surface area contributed by atoms with Crippen LogP contribution in [0.5, 0.6) is 0 Å². The summed E-state index contributed by atoms with van der Waals surface area (Å²) < 4.78 is 5.29. The van der Waals surface area contributed by atoms with Gasteiger partial charge in [0.25, 0.3) is 0 Å². The number of esters is 1. The van der Waals surface area contributed by atoms with Crippen LogP contribution in [0.4, 0.5) is 5.95 Å². The number of nitrogen functional groups attached to an aromatic ring is 1. The first-order valence-corrected chi connectivity index (χ1v) is 6.47. The van der Waals surface area contributed by atoms with Crippen LogP contribution in [-0.4, -0.2) is 15.9 Å². The molecular weight excluding hydrogens is 266 g/mol. The molecule has 5 heteroatoms. The van der Waals surface area contributed by atoms with Gasteiger partial charge in [0.1, 0.15) is 6.61 Å². The number of benzene rings is 2. The summed E-state index contributed by atoms with van der Waals surface area (Å²) >= 11 is 0. The molecule has 2 aromatic carbocycles. The predicted molar refractivity (Wildman–Crippen MR) is 79.5 cm³/mol. The third-order valence-corrected chi connectivity index (χ3v) is 3.03. The van der Waals surface area contributed by atoms with Gasteiger partial charge >= 0.3 is 5.97 Å². The average molecular weight is 279 g/mol. The number of anilines is 1. The molecule has 3 aromatic rings. The maximum atomic E-state index is 12.2. The molecule has 0 saturated heterocycles. The van der Waals surface area contributed by atoms with Crippen LogP contribution in [0.1, 0.15) is 16.1 Å². The maximum Gasteiger partial charge on any atom is 0.358 e. The first-order chi connectivity index (χ1) is 10.2. The Morgan fingerprint density at radius 2 is 1.71 bits per heavy atom. The number of hydrogen-bond acceptors (Lipinski definition) is 5. The number of nitrogens with zero attached hydrogens (tertiary/aromatic N) is 2. The number of carbonyl (C=O) groups excluding carboxylic acids is 1. The van der Waals surface area contributed by atoms with Crippen LogP contribution in [0.3, 0.4) is 0 Å². The van der Waals surface area contributed by atoms with Crippen molar-refractivity contribution in [3.63, 3.8) is 0 Å². The zero-order valence-electron chi connectivity index (χ0n) is 11.2. The largest absolute Gasteiger partial charge is 0.456 e. The molecule has 0 fully saturated rings. The highest BCUT2D eigenvalue weighted by molar-refractivity contribution is 6.01. The normalized spacial score (nSPS) is 10.5. The molecule has 0 saturated carbocycles. The minimum absolute atomic E-state index is 0.0559. The summed E-state index contributed by atoms with van der Waals surface area (Å²) in [7, 11) is 0. The van der Waals surface area contributed by atoms with E-state index < -0.39 is 5.97 Å². The topological polar surface area (TPSA) is 78.1 Å². The number of fused-ring (bicyclic) bond motifs is 1. The number of ether oxygens (including phenoxy) is 1. The zero-order valence-corrected chi connectivity index (χ0v) is 11.2. The van der Waals surface area contributed by atoms with E-state index in [9.17, 15) is 4.79 Å². The van der Waals surface area contributed by atoms with Gasteiger partial charge in [0.05, 0.1) is 5.52 Å². The van der Waals surface area contributed by atoms with E-state index >= 15 is 0 Å². The molecule has 0 radical (unpaired) electrons. The van der Waals surface area contributed by atoms with E-state index in [4.69, 9.17) is 10.5 Å². The third kappa shape index (κ3) is 2.81. The molecule has 2 N–H and O–H groups in total. The lowest BCUT2D eigenvalue weighted by atomic mass is 10.2. The summed E-state index contributed by atoms with van der Waals surface area (Å²) in [6, 6.07) is 16.7.